The highest BCUT2D eigenvalue weighted by molar-refractivity contribution is 5.95. The van der Waals surface area contributed by atoms with Crippen LogP contribution in [0.3, 0.4) is 0 Å². The molecule has 0 aliphatic carbocycles. The monoisotopic (exact) mass is 211 g/mol. The van der Waals surface area contributed by atoms with Gasteiger partial charge in [-0.2, -0.15) is 0 Å². The predicted molar refractivity (Wildman–Crippen MR) is 56.4 cm³/mol. The first kappa shape index (κ1) is 11.8. The van der Waals surface area contributed by atoms with Gasteiger partial charge in [0.15, 0.2) is 0 Å². The van der Waals surface area contributed by atoms with Crippen molar-refractivity contribution in [3.05, 3.63) is 11.6 Å². The van der Waals surface area contributed by atoms with E-state index in [1.807, 2.05) is 13.0 Å². The number of aliphatic carboxylic acids is 1. The SMILES string of the molecule is CC/C=C(/C)C(=O)N1CCC[C@H]1C(=O)O. The van der Waals surface area contributed by atoms with Gasteiger partial charge in [0.05, 0.1) is 0 Å². The number of rotatable bonds is 3. The number of carbonyl (C=O) groups excluding carboxylic acids is 1. The quantitative estimate of drug-likeness (QED) is 0.718. The van der Waals surface area contributed by atoms with E-state index in [9.17, 15) is 9.59 Å². The summed E-state index contributed by atoms with van der Waals surface area (Å²) < 4.78 is 0. The van der Waals surface area contributed by atoms with Crippen molar-refractivity contribution < 1.29 is 14.7 Å². The second-order valence-corrected chi connectivity index (χ2v) is 3.79. The summed E-state index contributed by atoms with van der Waals surface area (Å²) >= 11 is 0. The second-order valence-electron chi connectivity index (χ2n) is 3.79. The molecular weight excluding hydrogens is 194 g/mol. The molecule has 0 unspecified atom stereocenters. The zero-order valence-corrected chi connectivity index (χ0v) is 9.19. The Balaban J connectivity index is 2.75. The van der Waals surface area contributed by atoms with Gasteiger partial charge in [-0.05, 0) is 26.2 Å². The summed E-state index contributed by atoms with van der Waals surface area (Å²) in [5.74, 6) is -1.04. The molecule has 0 aromatic heterocycles. The summed E-state index contributed by atoms with van der Waals surface area (Å²) in [6.45, 7) is 4.25. The van der Waals surface area contributed by atoms with Crippen LogP contribution in [0.5, 0.6) is 0 Å². The second kappa shape index (κ2) is 4.96. The summed E-state index contributed by atoms with van der Waals surface area (Å²) in [6.07, 6.45) is 3.98. The van der Waals surface area contributed by atoms with Gasteiger partial charge in [-0.3, -0.25) is 4.79 Å². The first-order valence-electron chi connectivity index (χ1n) is 5.28. The molecule has 1 fully saturated rings. The molecule has 0 aromatic carbocycles. The number of carboxylic acids is 1. The number of amides is 1. The molecule has 0 radical (unpaired) electrons. The van der Waals surface area contributed by atoms with Crippen molar-refractivity contribution in [1.29, 1.82) is 0 Å². The number of nitrogens with zero attached hydrogens (tertiary/aromatic N) is 1. The maximum atomic E-state index is 11.8. The molecule has 1 heterocycles. The Morgan fingerprint density at radius 3 is 2.73 bits per heavy atom. The highest BCUT2D eigenvalue weighted by atomic mass is 16.4. The number of hydrogen-bond acceptors (Lipinski definition) is 2. The summed E-state index contributed by atoms with van der Waals surface area (Å²) in [5.41, 5.74) is 0.644. The predicted octanol–water partition coefficient (Wildman–Crippen LogP) is 1.42. The van der Waals surface area contributed by atoms with Crippen molar-refractivity contribution in [3.63, 3.8) is 0 Å². The van der Waals surface area contributed by atoms with Gasteiger partial charge in [0, 0.05) is 12.1 Å². The smallest absolute Gasteiger partial charge is 0.326 e. The fraction of sp³-hybridized carbons (Fsp3) is 0.636. The zero-order valence-electron chi connectivity index (χ0n) is 9.19. The zero-order chi connectivity index (χ0) is 11.4. The largest absolute Gasteiger partial charge is 0.480 e. The lowest BCUT2D eigenvalue weighted by Gasteiger charge is -2.21. The van der Waals surface area contributed by atoms with Crippen LogP contribution in [-0.2, 0) is 9.59 Å². The molecule has 4 nitrogen and oxygen atoms in total. The van der Waals surface area contributed by atoms with E-state index in [1.54, 1.807) is 6.92 Å². The molecular formula is C11H17NO3. The van der Waals surface area contributed by atoms with Crippen molar-refractivity contribution in [3.8, 4) is 0 Å². The Kier molecular flexibility index (Phi) is 3.88. The van der Waals surface area contributed by atoms with E-state index >= 15 is 0 Å². The van der Waals surface area contributed by atoms with Gasteiger partial charge >= 0.3 is 5.97 Å². The van der Waals surface area contributed by atoms with Gasteiger partial charge in [0.1, 0.15) is 6.04 Å². The minimum Gasteiger partial charge on any atom is -0.480 e. The third-order valence-electron chi connectivity index (χ3n) is 2.65. The Labute approximate surface area is 89.6 Å². The van der Waals surface area contributed by atoms with Crippen LogP contribution >= 0.6 is 0 Å². The molecule has 0 saturated carbocycles. The van der Waals surface area contributed by atoms with Crippen LogP contribution in [0.1, 0.15) is 33.1 Å². The van der Waals surface area contributed by atoms with Gasteiger partial charge in [0.2, 0.25) is 5.91 Å². The number of hydrogen-bond donors (Lipinski definition) is 1. The average Bonchev–Trinajstić information content (AvgIpc) is 2.65. The third kappa shape index (κ3) is 2.58. The molecule has 1 rings (SSSR count). The topological polar surface area (TPSA) is 57.6 Å². The molecule has 1 aliphatic rings. The Morgan fingerprint density at radius 1 is 1.53 bits per heavy atom. The van der Waals surface area contributed by atoms with E-state index in [-0.39, 0.29) is 5.91 Å². The van der Waals surface area contributed by atoms with Crippen molar-refractivity contribution in [2.75, 3.05) is 6.54 Å². The fourth-order valence-electron chi connectivity index (χ4n) is 1.89. The lowest BCUT2D eigenvalue weighted by Crippen LogP contribution is -2.40. The van der Waals surface area contributed by atoms with E-state index in [0.29, 0.717) is 18.5 Å². The minimum absolute atomic E-state index is 0.137. The molecule has 1 aliphatic heterocycles. The lowest BCUT2D eigenvalue weighted by atomic mass is 10.2. The number of likely N-dealkylation sites (tertiary alicyclic amines) is 1. The Hall–Kier alpha value is -1.32. The van der Waals surface area contributed by atoms with Gasteiger partial charge in [-0.15, -0.1) is 0 Å². The molecule has 1 atom stereocenters. The van der Waals surface area contributed by atoms with Gasteiger partial charge in [-0.25, -0.2) is 4.79 Å². The first-order valence-corrected chi connectivity index (χ1v) is 5.28. The lowest BCUT2D eigenvalue weighted by molar-refractivity contribution is -0.146. The van der Waals surface area contributed by atoms with Crippen LogP contribution in [0.4, 0.5) is 0 Å². The van der Waals surface area contributed by atoms with E-state index in [4.69, 9.17) is 5.11 Å². The molecule has 84 valence electrons. The van der Waals surface area contributed by atoms with E-state index in [2.05, 4.69) is 0 Å². The summed E-state index contributed by atoms with van der Waals surface area (Å²) in [7, 11) is 0. The van der Waals surface area contributed by atoms with Crippen molar-refractivity contribution >= 4 is 11.9 Å². The van der Waals surface area contributed by atoms with Crippen LogP contribution in [-0.4, -0.2) is 34.5 Å². The van der Waals surface area contributed by atoms with Crippen molar-refractivity contribution in [1.82, 2.24) is 4.90 Å². The number of allylic oxidation sites excluding steroid dienone is 1. The standard InChI is InChI=1S/C11H17NO3/c1-3-5-8(2)10(13)12-7-4-6-9(12)11(14)15/h5,9H,3-4,6-7H2,1-2H3,(H,14,15)/b8-5-/t9-/m0/s1. The van der Waals surface area contributed by atoms with E-state index < -0.39 is 12.0 Å². The summed E-state index contributed by atoms with van der Waals surface area (Å²) in [4.78, 5) is 24.2. The van der Waals surface area contributed by atoms with Gasteiger partial charge in [-0.1, -0.05) is 13.0 Å². The van der Waals surface area contributed by atoms with Gasteiger partial charge in [0.25, 0.3) is 0 Å². The third-order valence-corrected chi connectivity index (χ3v) is 2.65. The molecule has 15 heavy (non-hydrogen) atoms. The molecule has 1 N–H and O–H groups in total. The van der Waals surface area contributed by atoms with Crippen LogP contribution in [0.15, 0.2) is 11.6 Å². The Morgan fingerprint density at radius 2 is 2.20 bits per heavy atom. The van der Waals surface area contributed by atoms with Crippen LogP contribution < -0.4 is 0 Å². The molecule has 0 aromatic rings. The van der Waals surface area contributed by atoms with Gasteiger partial charge < -0.3 is 10.0 Å². The summed E-state index contributed by atoms with van der Waals surface area (Å²) in [5, 5.41) is 8.93. The molecule has 0 spiro atoms. The van der Waals surface area contributed by atoms with Crippen LogP contribution in [0, 0.1) is 0 Å². The van der Waals surface area contributed by atoms with E-state index in [0.717, 1.165) is 12.8 Å². The van der Waals surface area contributed by atoms with Crippen molar-refractivity contribution in [2.24, 2.45) is 0 Å². The number of carboxylic acid groups (broad SMARTS) is 1. The van der Waals surface area contributed by atoms with Crippen molar-refractivity contribution in [2.45, 2.75) is 39.2 Å². The maximum absolute atomic E-state index is 11.8. The highest BCUT2D eigenvalue weighted by Crippen LogP contribution is 2.19. The minimum atomic E-state index is -0.898. The molecule has 0 bridgehead atoms. The highest BCUT2D eigenvalue weighted by Gasteiger charge is 2.34. The number of carbonyl (C=O) groups is 2. The normalized spacial score (nSPS) is 21.9. The molecule has 1 amide bonds. The van der Waals surface area contributed by atoms with Crippen LogP contribution in [0.2, 0.25) is 0 Å². The Bertz CT molecular complexity index is 296. The van der Waals surface area contributed by atoms with E-state index in [1.165, 1.54) is 4.90 Å². The fourth-order valence-corrected chi connectivity index (χ4v) is 1.89. The maximum Gasteiger partial charge on any atom is 0.326 e. The summed E-state index contributed by atoms with van der Waals surface area (Å²) in [6, 6.07) is -0.627. The van der Waals surface area contributed by atoms with Crippen LogP contribution in [0.25, 0.3) is 0 Å². The average molecular weight is 211 g/mol. The molecule has 4 heteroatoms. The molecule has 1 saturated heterocycles. The first-order chi connectivity index (χ1) is 7.07.